The highest BCUT2D eigenvalue weighted by Crippen LogP contribution is 2.14. The number of hydrogen-bond donors (Lipinski definition) is 1. The second-order valence-electron chi connectivity index (χ2n) is 5.83. The van der Waals surface area contributed by atoms with Crippen molar-refractivity contribution in [3.05, 3.63) is 18.1 Å². The molecule has 0 fully saturated rings. The molecule has 5 heteroatoms. The Balaban J connectivity index is 2.64. The van der Waals surface area contributed by atoms with Gasteiger partial charge in [-0.1, -0.05) is 20.8 Å². The van der Waals surface area contributed by atoms with Crippen molar-refractivity contribution in [3.8, 4) is 0 Å². The van der Waals surface area contributed by atoms with E-state index in [1.807, 2.05) is 12.4 Å². The van der Waals surface area contributed by atoms with Crippen LogP contribution >= 0.6 is 0 Å². The van der Waals surface area contributed by atoms with E-state index < -0.39 is 0 Å². The van der Waals surface area contributed by atoms with Gasteiger partial charge in [-0.15, -0.1) is 0 Å². The number of anilines is 1. The number of nitrogens with zero attached hydrogens (tertiary/aromatic N) is 3. The molecule has 0 radical (unpaired) electrons. The third-order valence-electron chi connectivity index (χ3n) is 3.50. The molecule has 0 aromatic carbocycles. The number of nitrogens with one attached hydrogen (secondary N) is 1. The predicted octanol–water partition coefficient (Wildman–Crippen LogP) is 2.47. The fourth-order valence-corrected chi connectivity index (χ4v) is 2.05. The molecule has 1 heterocycles. The van der Waals surface area contributed by atoms with Gasteiger partial charge in [0.05, 0.1) is 24.7 Å². The number of hydrogen-bond acceptors (Lipinski definition) is 5. The lowest BCUT2D eigenvalue weighted by molar-refractivity contribution is 0.203. The van der Waals surface area contributed by atoms with Crippen LogP contribution in [-0.4, -0.2) is 42.8 Å². The molecule has 0 aliphatic heterocycles. The van der Waals surface area contributed by atoms with Gasteiger partial charge in [0.1, 0.15) is 5.82 Å². The molecule has 21 heavy (non-hydrogen) atoms. The Morgan fingerprint density at radius 1 is 1.24 bits per heavy atom. The van der Waals surface area contributed by atoms with Crippen LogP contribution < -0.4 is 10.2 Å². The van der Waals surface area contributed by atoms with Crippen LogP contribution in [0.1, 0.15) is 39.8 Å². The summed E-state index contributed by atoms with van der Waals surface area (Å²) in [5.41, 5.74) is 0.982. The largest absolute Gasteiger partial charge is 0.383 e. The van der Waals surface area contributed by atoms with Crippen LogP contribution in [0.25, 0.3) is 0 Å². The van der Waals surface area contributed by atoms with Crippen molar-refractivity contribution >= 4 is 5.82 Å². The molecule has 0 aliphatic carbocycles. The first-order chi connectivity index (χ1) is 10.1. The zero-order valence-corrected chi connectivity index (χ0v) is 14.1. The van der Waals surface area contributed by atoms with Gasteiger partial charge in [-0.2, -0.15) is 0 Å². The van der Waals surface area contributed by atoms with Crippen molar-refractivity contribution in [3.63, 3.8) is 0 Å². The summed E-state index contributed by atoms with van der Waals surface area (Å²) in [6, 6.07) is 0.430. The molecule has 0 bridgehead atoms. The second-order valence-corrected chi connectivity index (χ2v) is 5.83. The van der Waals surface area contributed by atoms with E-state index >= 15 is 0 Å². The van der Waals surface area contributed by atoms with Crippen molar-refractivity contribution in [1.29, 1.82) is 0 Å². The first-order valence-electron chi connectivity index (χ1n) is 7.85. The van der Waals surface area contributed by atoms with E-state index in [0.717, 1.165) is 37.6 Å². The standard InChI is InChI=1S/C16H30N4O/c1-6-14(4)20(7-8-21-5)16-12-18-15(11-19-16)10-17-9-13(2)3/h11-14,17H,6-10H2,1-5H3. The van der Waals surface area contributed by atoms with Crippen molar-refractivity contribution in [1.82, 2.24) is 15.3 Å². The molecule has 1 atom stereocenters. The number of rotatable bonds is 10. The monoisotopic (exact) mass is 294 g/mol. The quantitative estimate of drug-likeness (QED) is 0.718. The summed E-state index contributed by atoms with van der Waals surface area (Å²) < 4.78 is 5.19. The van der Waals surface area contributed by atoms with Crippen molar-refractivity contribution in [2.45, 2.75) is 46.7 Å². The van der Waals surface area contributed by atoms with Crippen molar-refractivity contribution in [2.75, 3.05) is 31.7 Å². The van der Waals surface area contributed by atoms with E-state index in [2.05, 4.69) is 47.9 Å². The Hall–Kier alpha value is -1.20. The van der Waals surface area contributed by atoms with Crippen LogP contribution in [0.5, 0.6) is 0 Å². The highest BCUT2D eigenvalue weighted by atomic mass is 16.5. The molecule has 1 N–H and O–H groups in total. The molecule has 1 rings (SSSR count). The minimum Gasteiger partial charge on any atom is -0.383 e. The fraction of sp³-hybridized carbons (Fsp3) is 0.750. The van der Waals surface area contributed by atoms with Gasteiger partial charge in [-0.25, -0.2) is 4.98 Å². The number of aromatic nitrogens is 2. The molecule has 0 amide bonds. The minimum atomic E-state index is 0.430. The van der Waals surface area contributed by atoms with Gasteiger partial charge in [-0.3, -0.25) is 4.98 Å². The summed E-state index contributed by atoms with van der Waals surface area (Å²) in [6.45, 7) is 12.1. The normalized spacial score (nSPS) is 12.7. The highest BCUT2D eigenvalue weighted by molar-refractivity contribution is 5.37. The molecule has 0 saturated heterocycles. The van der Waals surface area contributed by atoms with E-state index in [1.165, 1.54) is 0 Å². The number of methoxy groups -OCH3 is 1. The van der Waals surface area contributed by atoms with Crippen LogP contribution in [0, 0.1) is 5.92 Å². The summed E-state index contributed by atoms with van der Waals surface area (Å²) in [4.78, 5) is 11.3. The summed E-state index contributed by atoms with van der Waals surface area (Å²) in [7, 11) is 1.73. The number of ether oxygens (including phenoxy) is 1. The lowest BCUT2D eigenvalue weighted by Crippen LogP contribution is -2.36. The second kappa shape index (κ2) is 9.68. The van der Waals surface area contributed by atoms with Gasteiger partial charge >= 0.3 is 0 Å². The van der Waals surface area contributed by atoms with Gasteiger partial charge in [0.2, 0.25) is 0 Å². The molecule has 0 spiro atoms. The SMILES string of the molecule is CCC(C)N(CCOC)c1cnc(CNCC(C)C)cn1. The van der Waals surface area contributed by atoms with Crippen LogP contribution in [0.3, 0.4) is 0 Å². The molecular formula is C16H30N4O. The first-order valence-corrected chi connectivity index (χ1v) is 7.85. The van der Waals surface area contributed by atoms with Crippen molar-refractivity contribution < 1.29 is 4.74 Å². The lowest BCUT2D eigenvalue weighted by atomic mass is 10.2. The van der Waals surface area contributed by atoms with Crippen LogP contribution in [0.4, 0.5) is 5.82 Å². The Labute approximate surface area is 129 Å². The van der Waals surface area contributed by atoms with E-state index in [9.17, 15) is 0 Å². The highest BCUT2D eigenvalue weighted by Gasteiger charge is 2.14. The van der Waals surface area contributed by atoms with Gasteiger partial charge in [0, 0.05) is 26.2 Å². The summed E-state index contributed by atoms with van der Waals surface area (Å²) in [5.74, 6) is 1.57. The summed E-state index contributed by atoms with van der Waals surface area (Å²) >= 11 is 0. The maximum absolute atomic E-state index is 5.19. The van der Waals surface area contributed by atoms with E-state index in [1.54, 1.807) is 7.11 Å². The average Bonchev–Trinajstić information content (AvgIpc) is 2.48. The molecular weight excluding hydrogens is 264 g/mol. The van der Waals surface area contributed by atoms with Gasteiger partial charge < -0.3 is 15.0 Å². The zero-order chi connectivity index (χ0) is 15.7. The Morgan fingerprint density at radius 2 is 2.00 bits per heavy atom. The Kier molecular flexibility index (Phi) is 8.23. The topological polar surface area (TPSA) is 50.3 Å². The predicted molar refractivity (Wildman–Crippen MR) is 87.6 cm³/mol. The summed E-state index contributed by atoms with van der Waals surface area (Å²) in [6.07, 6.45) is 4.81. The first kappa shape index (κ1) is 17.9. The van der Waals surface area contributed by atoms with Gasteiger partial charge in [-0.05, 0) is 25.8 Å². The molecule has 0 saturated carbocycles. The van der Waals surface area contributed by atoms with E-state index in [0.29, 0.717) is 18.6 Å². The van der Waals surface area contributed by atoms with Crippen LogP contribution in [0.15, 0.2) is 12.4 Å². The van der Waals surface area contributed by atoms with Crippen LogP contribution in [-0.2, 0) is 11.3 Å². The average molecular weight is 294 g/mol. The van der Waals surface area contributed by atoms with E-state index in [-0.39, 0.29) is 0 Å². The van der Waals surface area contributed by atoms with Gasteiger partial charge in [0.25, 0.3) is 0 Å². The molecule has 5 nitrogen and oxygen atoms in total. The van der Waals surface area contributed by atoms with E-state index in [4.69, 9.17) is 4.74 Å². The summed E-state index contributed by atoms with van der Waals surface area (Å²) in [5, 5.41) is 3.38. The molecule has 1 aromatic rings. The third-order valence-corrected chi connectivity index (χ3v) is 3.50. The molecule has 120 valence electrons. The lowest BCUT2D eigenvalue weighted by Gasteiger charge is -2.29. The molecule has 0 aliphatic rings. The Bertz CT molecular complexity index is 380. The Morgan fingerprint density at radius 3 is 2.52 bits per heavy atom. The van der Waals surface area contributed by atoms with Gasteiger partial charge in [0.15, 0.2) is 0 Å². The smallest absolute Gasteiger partial charge is 0.147 e. The third kappa shape index (κ3) is 6.40. The van der Waals surface area contributed by atoms with Crippen LogP contribution in [0.2, 0.25) is 0 Å². The molecule has 1 aromatic heterocycles. The minimum absolute atomic E-state index is 0.430. The van der Waals surface area contributed by atoms with Crippen molar-refractivity contribution in [2.24, 2.45) is 5.92 Å². The maximum atomic E-state index is 5.19. The fourth-order valence-electron chi connectivity index (χ4n) is 2.05. The maximum Gasteiger partial charge on any atom is 0.147 e. The zero-order valence-electron chi connectivity index (χ0n) is 14.1. The molecule has 1 unspecified atom stereocenters.